The molecule has 216 valence electrons. The van der Waals surface area contributed by atoms with Crippen molar-refractivity contribution < 1.29 is 14.4 Å². The smallest absolute Gasteiger partial charge is 0.243 e. The number of aromatic nitrogens is 3. The number of aryl methyl sites for hydroxylation is 2. The van der Waals surface area contributed by atoms with Gasteiger partial charge < -0.3 is 14.8 Å². The van der Waals surface area contributed by atoms with E-state index in [1.54, 1.807) is 6.92 Å². The number of hydrogen-bond acceptors (Lipinski definition) is 6. The van der Waals surface area contributed by atoms with Gasteiger partial charge in [-0.15, -0.1) is 0 Å². The van der Waals surface area contributed by atoms with E-state index in [9.17, 15) is 14.4 Å². The van der Waals surface area contributed by atoms with E-state index in [4.69, 9.17) is 0 Å². The summed E-state index contributed by atoms with van der Waals surface area (Å²) in [5.74, 6) is 0.801. The highest BCUT2D eigenvalue weighted by molar-refractivity contribution is 6.09. The van der Waals surface area contributed by atoms with Crippen molar-refractivity contribution in [3.8, 4) is 11.1 Å². The SMILES string of the molecule is CCC(=O)[C@@H]1C[C@]23CNCCCCCCCc4cc(-c5cnc(C)nc5)cc5c(C(C)=O)cn(c45)CC(=O)N1[C@@H]2C3. The fourth-order valence-electron chi connectivity index (χ4n) is 7.25. The first-order valence-electron chi connectivity index (χ1n) is 15.3. The van der Waals surface area contributed by atoms with Gasteiger partial charge in [0.1, 0.15) is 12.4 Å². The molecule has 2 aliphatic heterocycles. The lowest BCUT2D eigenvalue weighted by atomic mass is 9.96. The predicted octanol–water partition coefficient (Wildman–Crippen LogP) is 5.04. The van der Waals surface area contributed by atoms with E-state index in [2.05, 4.69) is 21.4 Å². The number of nitrogens with zero attached hydrogens (tertiary/aromatic N) is 4. The second-order valence-corrected chi connectivity index (χ2v) is 12.4. The molecule has 1 saturated heterocycles. The Balaban J connectivity index is 1.44. The highest BCUT2D eigenvalue weighted by atomic mass is 16.2. The number of benzene rings is 1. The minimum absolute atomic E-state index is 0.0125. The van der Waals surface area contributed by atoms with Crippen LogP contribution in [0.1, 0.15) is 87.0 Å². The maximum absolute atomic E-state index is 14.1. The average molecular weight is 556 g/mol. The van der Waals surface area contributed by atoms with Crippen LogP contribution >= 0.6 is 0 Å². The van der Waals surface area contributed by atoms with E-state index < -0.39 is 0 Å². The number of ketones is 2. The fourth-order valence-corrected chi connectivity index (χ4v) is 7.25. The molecule has 3 atom stereocenters. The summed E-state index contributed by atoms with van der Waals surface area (Å²) in [7, 11) is 0. The Labute approximate surface area is 241 Å². The van der Waals surface area contributed by atoms with Crippen molar-refractivity contribution in [1.29, 1.82) is 0 Å². The van der Waals surface area contributed by atoms with Gasteiger partial charge in [-0.1, -0.05) is 26.2 Å². The molecule has 2 fully saturated rings. The third kappa shape index (κ3) is 5.23. The van der Waals surface area contributed by atoms with E-state index >= 15 is 0 Å². The Morgan fingerprint density at radius 2 is 1.80 bits per heavy atom. The third-order valence-corrected chi connectivity index (χ3v) is 9.55. The molecule has 1 aliphatic carbocycles. The number of piperidine rings is 1. The molecule has 0 spiro atoms. The summed E-state index contributed by atoms with van der Waals surface area (Å²) in [6.07, 6.45) is 14.2. The number of carbonyl (C=O) groups excluding carboxylic acids is 3. The fraction of sp³-hybridized carbons (Fsp3) is 0.545. The summed E-state index contributed by atoms with van der Waals surface area (Å²) in [5, 5.41) is 4.52. The molecule has 6 rings (SSSR count). The molecule has 3 aliphatic rings. The van der Waals surface area contributed by atoms with Crippen molar-refractivity contribution in [1.82, 2.24) is 24.8 Å². The summed E-state index contributed by atoms with van der Waals surface area (Å²) in [5.41, 5.74) is 4.60. The first kappa shape index (κ1) is 27.8. The molecule has 4 heterocycles. The first-order valence-corrected chi connectivity index (χ1v) is 15.3. The molecule has 41 heavy (non-hydrogen) atoms. The Morgan fingerprint density at radius 1 is 1.05 bits per heavy atom. The van der Waals surface area contributed by atoms with Crippen LogP contribution in [0.25, 0.3) is 22.0 Å². The Kier molecular flexibility index (Phi) is 7.53. The zero-order valence-corrected chi connectivity index (χ0v) is 24.5. The van der Waals surface area contributed by atoms with Crippen LogP contribution < -0.4 is 5.32 Å². The Bertz CT molecular complexity index is 1490. The maximum atomic E-state index is 14.1. The summed E-state index contributed by atoms with van der Waals surface area (Å²) < 4.78 is 1.98. The number of rotatable bonds is 4. The van der Waals surface area contributed by atoms with Crippen molar-refractivity contribution in [3.05, 3.63) is 47.7 Å². The van der Waals surface area contributed by atoms with Gasteiger partial charge in [0.2, 0.25) is 5.91 Å². The number of carbonyl (C=O) groups is 3. The van der Waals surface area contributed by atoms with Crippen molar-refractivity contribution in [2.24, 2.45) is 5.41 Å². The van der Waals surface area contributed by atoms with Crippen molar-refractivity contribution in [3.63, 3.8) is 0 Å². The molecule has 1 aromatic carbocycles. The van der Waals surface area contributed by atoms with E-state index in [0.29, 0.717) is 17.8 Å². The molecule has 8 heteroatoms. The molecule has 1 N–H and O–H groups in total. The van der Waals surface area contributed by atoms with Crippen molar-refractivity contribution >= 4 is 28.4 Å². The molecule has 2 aromatic heterocycles. The second kappa shape index (κ2) is 11.1. The Morgan fingerprint density at radius 3 is 2.56 bits per heavy atom. The van der Waals surface area contributed by atoms with Gasteiger partial charge in [0.15, 0.2) is 11.6 Å². The molecular formula is C33H41N5O3. The summed E-state index contributed by atoms with van der Waals surface area (Å²) >= 11 is 0. The summed E-state index contributed by atoms with van der Waals surface area (Å²) in [6.45, 7) is 7.31. The molecule has 1 saturated carbocycles. The van der Waals surface area contributed by atoms with Gasteiger partial charge in [0, 0.05) is 59.5 Å². The van der Waals surface area contributed by atoms with Crippen molar-refractivity contribution in [2.75, 3.05) is 13.1 Å². The second-order valence-electron chi connectivity index (χ2n) is 12.4. The van der Waals surface area contributed by atoms with E-state index in [1.165, 1.54) is 12.8 Å². The topological polar surface area (TPSA) is 97.2 Å². The van der Waals surface area contributed by atoms with Crippen LogP contribution in [0.4, 0.5) is 0 Å². The lowest BCUT2D eigenvalue weighted by Crippen LogP contribution is -2.44. The zero-order chi connectivity index (χ0) is 28.7. The quantitative estimate of drug-likeness (QED) is 0.453. The van der Waals surface area contributed by atoms with Crippen LogP contribution in [0, 0.1) is 12.3 Å². The van der Waals surface area contributed by atoms with Gasteiger partial charge in [-0.3, -0.25) is 14.4 Å². The highest BCUT2D eigenvalue weighted by Crippen LogP contribution is 2.59. The molecule has 1 amide bonds. The van der Waals surface area contributed by atoms with E-state index in [-0.39, 0.29) is 41.5 Å². The standard InChI is InChI=1S/C33H41N5O3/c1-4-29(40)28-14-33-15-30(33)38(28)31(41)19-37-18-27(21(2)39)26-13-24(25-16-35-22(3)36-17-25)12-23(32(26)37)10-8-6-5-7-9-11-34-20-33/h12-13,16-18,28,30,34H,4-11,14-15,19-20H2,1-3H3/t28-,30+,33-/m0/s1. The Hall–Kier alpha value is -3.39. The van der Waals surface area contributed by atoms with Gasteiger partial charge in [-0.2, -0.15) is 0 Å². The number of Topliss-reactive ketones (excluding diaryl/α,β-unsaturated/α-hetero) is 2. The van der Waals surface area contributed by atoms with Crippen LogP contribution in [0.5, 0.6) is 0 Å². The van der Waals surface area contributed by atoms with Crippen LogP contribution in [0.2, 0.25) is 0 Å². The van der Waals surface area contributed by atoms with Gasteiger partial charge in [0.05, 0.1) is 11.6 Å². The summed E-state index contributed by atoms with van der Waals surface area (Å²) in [6, 6.07) is 3.99. The van der Waals surface area contributed by atoms with Gasteiger partial charge >= 0.3 is 0 Å². The van der Waals surface area contributed by atoms with Gasteiger partial charge in [-0.25, -0.2) is 9.97 Å². The average Bonchev–Trinajstić information content (AvgIpc) is 3.36. The van der Waals surface area contributed by atoms with E-state index in [1.807, 2.05) is 48.0 Å². The molecular weight excluding hydrogens is 514 g/mol. The number of amides is 1. The molecule has 2 bridgehead atoms. The largest absolute Gasteiger partial charge is 0.337 e. The van der Waals surface area contributed by atoms with E-state index in [0.717, 1.165) is 79.2 Å². The van der Waals surface area contributed by atoms with Crippen LogP contribution in [-0.2, 0) is 22.6 Å². The predicted molar refractivity (Wildman–Crippen MR) is 159 cm³/mol. The maximum Gasteiger partial charge on any atom is 0.243 e. The monoisotopic (exact) mass is 555 g/mol. The first-order chi connectivity index (χ1) is 19.8. The van der Waals surface area contributed by atoms with Crippen LogP contribution in [0.15, 0.2) is 30.7 Å². The van der Waals surface area contributed by atoms with Gasteiger partial charge in [-0.05, 0) is 75.8 Å². The normalized spacial score (nSPS) is 25.1. The minimum Gasteiger partial charge on any atom is -0.337 e. The summed E-state index contributed by atoms with van der Waals surface area (Å²) in [4.78, 5) is 50.7. The lowest BCUT2D eigenvalue weighted by molar-refractivity contribution is -0.139. The van der Waals surface area contributed by atoms with Crippen LogP contribution in [0.3, 0.4) is 0 Å². The molecule has 3 aromatic rings. The van der Waals surface area contributed by atoms with Crippen molar-refractivity contribution in [2.45, 2.75) is 97.2 Å². The third-order valence-electron chi connectivity index (χ3n) is 9.55. The molecule has 0 unspecified atom stereocenters. The molecule has 0 radical (unpaired) electrons. The lowest BCUT2D eigenvalue weighted by Gasteiger charge is -2.27. The highest BCUT2D eigenvalue weighted by Gasteiger charge is 2.66. The minimum atomic E-state index is -0.353. The molecule has 8 nitrogen and oxygen atoms in total. The zero-order valence-electron chi connectivity index (χ0n) is 24.5. The number of nitrogens with one attached hydrogen (secondary N) is 1. The van der Waals surface area contributed by atoms with Crippen LogP contribution in [-0.4, -0.2) is 62.1 Å². The number of hydrogen-bond donors (Lipinski definition) is 1. The van der Waals surface area contributed by atoms with Gasteiger partial charge in [0.25, 0.3) is 0 Å².